The molecule has 0 saturated carbocycles. The average Bonchev–Trinajstić information content (AvgIpc) is 2.52. The maximum atomic E-state index is 11.4. The van der Waals surface area contributed by atoms with Crippen molar-refractivity contribution in [2.24, 2.45) is 0 Å². The number of methoxy groups -OCH3 is 1. The summed E-state index contributed by atoms with van der Waals surface area (Å²) in [6, 6.07) is 13.3. The summed E-state index contributed by atoms with van der Waals surface area (Å²) in [4.78, 5) is 21.7. The first-order valence-electron chi connectivity index (χ1n) is 6.26. The third-order valence-corrected chi connectivity index (χ3v) is 2.90. The first-order valence-corrected chi connectivity index (χ1v) is 6.26. The number of rotatable bonds is 5. The number of hydrogen-bond donors (Lipinski definition) is 1. The van der Waals surface area contributed by atoms with Crippen molar-refractivity contribution >= 4 is 17.3 Å². The lowest BCUT2D eigenvalue weighted by Gasteiger charge is -2.08. The predicted octanol–water partition coefficient (Wildman–Crippen LogP) is 2.99. The molecule has 0 heterocycles. The monoisotopic (exact) mass is 286 g/mol. The van der Waals surface area contributed by atoms with Crippen molar-refractivity contribution in [1.29, 1.82) is 0 Å². The van der Waals surface area contributed by atoms with Gasteiger partial charge in [0.25, 0.3) is 5.69 Å². The first kappa shape index (κ1) is 14.5. The minimum absolute atomic E-state index is 0.0533. The van der Waals surface area contributed by atoms with Gasteiger partial charge in [0.2, 0.25) is 0 Å². The Kier molecular flexibility index (Phi) is 4.50. The van der Waals surface area contributed by atoms with E-state index < -0.39 is 10.9 Å². The number of nitro benzene ring substituents is 1. The Morgan fingerprint density at radius 3 is 2.71 bits per heavy atom. The van der Waals surface area contributed by atoms with E-state index >= 15 is 0 Å². The van der Waals surface area contributed by atoms with Crippen LogP contribution < -0.4 is 5.32 Å². The molecule has 1 N–H and O–H groups in total. The molecule has 2 aromatic carbocycles. The minimum atomic E-state index is -0.429. The Morgan fingerprint density at radius 2 is 2.00 bits per heavy atom. The number of anilines is 1. The molecule has 6 heteroatoms. The van der Waals surface area contributed by atoms with Crippen LogP contribution in [0.5, 0.6) is 0 Å². The molecule has 0 radical (unpaired) electrons. The van der Waals surface area contributed by atoms with Gasteiger partial charge in [-0.1, -0.05) is 18.2 Å². The molecular weight excluding hydrogens is 272 g/mol. The maximum absolute atomic E-state index is 11.4. The molecule has 0 amide bonds. The van der Waals surface area contributed by atoms with Crippen molar-refractivity contribution in [3.05, 3.63) is 69.8 Å². The highest BCUT2D eigenvalue weighted by Gasteiger charge is 2.07. The smallest absolute Gasteiger partial charge is 0.337 e. The van der Waals surface area contributed by atoms with E-state index in [-0.39, 0.29) is 5.69 Å². The molecule has 0 fully saturated rings. The van der Waals surface area contributed by atoms with Gasteiger partial charge >= 0.3 is 5.97 Å². The molecule has 0 atom stereocenters. The number of carbonyl (C=O) groups excluding carboxylic acids is 1. The summed E-state index contributed by atoms with van der Waals surface area (Å²) in [7, 11) is 1.32. The SMILES string of the molecule is COC(=O)c1cccc(NCc2cccc([N+](=O)[O-])c2)c1. The highest BCUT2D eigenvalue weighted by molar-refractivity contribution is 5.90. The van der Waals surface area contributed by atoms with Gasteiger partial charge in [0.1, 0.15) is 0 Å². The van der Waals surface area contributed by atoms with Crippen LogP contribution in [0.2, 0.25) is 0 Å². The summed E-state index contributed by atoms with van der Waals surface area (Å²) in [5.41, 5.74) is 2.02. The number of hydrogen-bond acceptors (Lipinski definition) is 5. The van der Waals surface area contributed by atoms with Gasteiger partial charge in [0, 0.05) is 24.4 Å². The number of nitrogens with one attached hydrogen (secondary N) is 1. The van der Waals surface area contributed by atoms with E-state index in [0.717, 1.165) is 11.3 Å². The summed E-state index contributed by atoms with van der Waals surface area (Å²) in [5, 5.41) is 13.8. The molecule has 0 aliphatic rings. The molecule has 0 aromatic heterocycles. The molecule has 0 saturated heterocycles. The zero-order valence-corrected chi connectivity index (χ0v) is 11.4. The average molecular weight is 286 g/mol. The van der Waals surface area contributed by atoms with Crippen molar-refractivity contribution in [3.8, 4) is 0 Å². The summed E-state index contributed by atoms with van der Waals surface area (Å²) in [6.45, 7) is 0.423. The molecule has 0 aliphatic carbocycles. The molecule has 108 valence electrons. The molecule has 21 heavy (non-hydrogen) atoms. The molecule has 6 nitrogen and oxygen atoms in total. The van der Waals surface area contributed by atoms with E-state index in [2.05, 4.69) is 10.1 Å². The Morgan fingerprint density at radius 1 is 1.24 bits per heavy atom. The lowest BCUT2D eigenvalue weighted by molar-refractivity contribution is -0.384. The zero-order valence-electron chi connectivity index (χ0n) is 11.4. The van der Waals surface area contributed by atoms with Gasteiger partial charge in [-0.3, -0.25) is 10.1 Å². The van der Waals surface area contributed by atoms with Crippen LogP contribution in [0.4, 0.5) is 11.4 Å². The fourth-order valence-electron chi connectivity index (χ4n) is 1.86. The van der Waals surface area contributed by atoms with E-state index in [1.165, 1.54) is 19.2 Å². The molecule has 0 spiro atoms. The molecule has 0 aliphatic heterocycles. The second kappa shape index (κ2) is 6.51. The van der Waals surface area contributed by atoms with Crippen molar-refractivity contribution in [2.45, 2.75) is 6.54 Å². The standard InChI is InChI=1S/C15H14N2O4/c1-21-15(18)12-5-3-6-13(9-12)16-10-11-4-2-7-14(8-11)17(19)20/h2-9,16H,10H2,1H3. The number of nitro groups is 1. The number of non-ortho nitro benzene ring substituents is 1. The Labute approximate surface area is 121 Å². The van der Waals surface area contributed by atoms with Crippen molar-refractivity contribution < 1.29 is 14.5 Å². The van der Waals surface area contributed by atoms with Gasteiger partial charge in [-0.15, -0.1) is 0 Å². The minimum Gasteiger partial charge on any atom is -0.465 e. The van der Waals surface area contributed by atoms with E-state index in [0.29, 0.717) is 12.1 Å². The van der Waals surface area contributed by atoms with Gasteiger partial charge in [0.15, 0.2) is 0 Å². The van der Waals surface area contributed by atoms with Crippen LogP contribution >= 0.6 is 0 Å². The molecule has 2 rings (SSSR count). The second-order valence-corrected chi connectivity index (χ2v) is 4.35. The molecule has 0 unspecified atom stereocenters. The summed E-state index contributed by atoms with van der Waals surface area (Å²) in [6.07, 6.45) is 0. The van der Waals surface area contributed by atoms with Crippen LogP contribution in [0.1, 0.15) is 15.9 Å². The summed E-state index contributed by atoms with van der Waals surface area (Å²) < 4.78 is 4.65. The Bertz CT molecular complexity index is 670. The third-order valence-electron chi connectivity index (χ3n) is 2.90. The van der Waals surface area contributed by atoms with Crippen molar-refractivity contribution in [2.75, 3.05) is 12.4 Å². The number of ether oxygens (including phenoxy) is 1. The van der Waals surface area contributed by atoms with Gasteiger partial charge in [-0.25, -0.2) is 4.79 Å². The van der Waals surface area contributed by atoms with Crippen LogP contribution in [0.15, 0.2) is 48.5 Å². The Balaban J connectivity index is 2.08. The quantitative estimate of drug-likeness (QED) is 0.519. The lowest BCUT2D eigenvalue weighted by atomic mass is 10.1. The molecule has 0 bridgehead atoms. The first-order chi connectivity index (χ1) is 10.1. The number of benzene rings is 2. The van der Waals surface area contributed by atoms with E-state index in [4.69, 9.17) is 0 Å². The lowest BCUT2D eigenvalue weighted by Crippen LogP contribution is -2.04. The highest BCUT2D eigenvalue weighted by Crippen LogP contribution is 2.16. The fraction of sp³-hybridized carbons (Fsp3) is 0.133. The van der Waals surface area contributed by atoms with E-state index in [1.807, 2.05) is 6.07 Å². The van der Waals surface area contributed by atoms with E-state index in [1.54, 1.807) is 30.3 Å². The van der Waals surface area contributed by atoms with Gasteiger partial charge in [-0.05, 0) is 23.8 Å². The van der Waals surface area contributed by atoms with Crippen molar-refractivity contribution in [1.82, 2.24) is 0 Å². The van der Waals surface area contributed by atoms with E-state index in [9.17, 15) is 14.9 Å². The van der Waals surface area contributed by atoms with Crippen molar-refractivity contribution in [3.63, 3.8) is 0 Å². The summed E-state index contributed by atoms with van der Waals surface area (Å²) in [5.74, 6) is -0.408. The Hall–Kier alpha value is -2.89. The fourth-order valence-corrected chi connectivity index (χ4v) is 1.86. The van der Waals surface area contributed by atoms with Gasteiger partial charge in [0.05, 0.1) is 17.6 Å². The van der Waals surface area contributed by atoms with Crippen LogP contribution in [-0.2, 0) is 11.3 Å². The van der Waals surface area contributed by atoms with Gasteiger partial charge < -0.3 is 10.1 Å². The normalized spacial score (nSPS) is 9.95. The summed E-state index contributed by atoms with van der Waals surface area (Å²) >= 11 is 0. The number of esters is 1. The maximum Gasteiger partial charge on any atom is 0.337 e. The molecule has 2 aromatic rings. The van der Waals surface area contributed by atoms with Crippen LogP contribution in [0.25, 0.3) is 0 Å². The molecular formula is C15H14N2O4. The van der Waals surface area contributed by atoms with Gasteiger partial charge in [-0.2, -0.15) is 0 Å². The third kappa shape index (κ3) is 3.79. The predicted molar refractivity (Wildman–Crippen MR) is 78.2 cm³/mol. The highest BCUT2D eigenvalue weighted by atomic mass is 16.6. The van der Waals surface area contributed by atoms with Crippen LogP contribution in [0.3, 0.4) is 0 Å². The topological polar surface area (TPSA) is 81.5 Å². The van der Waals surface area contributed by atoms with Crippen LogP contribution in [0, 0.1) is 10.1 Å². The number of carbonyl (C=O) groups is 1. The van der Waals surface area contributed by atoms with Crippen LogP contribution in [-0.4, -0.2) is 18.0 Å². The largest absolute Gasteiger partial charge is 0.465 e. The number of nitrogens with zero attached hydrogens (tertiary/aromatic N) is 1. The zero-order chi connectivity index (χ0) is 15.2. The second-order valence-electron chi connectivity index (χ2n) is 4.35.